The van der Waals surface area contributed by atoms with Gasteiger partial charge in [-0.3, -0.25) is 4.79 Å². The lowest BCUT2D eigenvalue weighted by atomic mass is 9.86. The first-order valence-electron chi connectivity index (χ1n) is 7.63. The minimum atomic E-state index is 0.0496. The third-order valence-electron chi connectivity index (χ3n) is 4.51. The molecule has 0 unspecified atom stereocenters. The van der Waals surface area contributed by atoms with Gasteiger partial charge in [0.05, 0.1) is 7.11 Å². The number of ketones is 1. The van der Waals surface area contributed by atoms with Crippen LogP contribution in [0.25, 0.3) is 0 Å². The van der Waals surface area contributed by atoms with E-state index in [1.54, 1.807) is 14.0 Å². The van der Waals surface area contributed by atoms with Gasteiger partial charge in [-0.05, 0) is 36.8 Å². The molecule has 0 N–H and O–H groups in total. The molecule has 0 spiro atoms. The first-order valence-corrected chi connectivity index (χ1v) is 7.63. The van der Waals surface area contributed by atoms with Crippen LogP contribution in [0.5, 0.6) is 5.75 Å². The van der Waals surface area contributed by atoms with Crippen molar-refractivity contribution in [3.05, 3.63) is 60.2 Å². The first-order chi connectivity index (χ1) is 10.7. The summed E-state index contributed by atoms with van der Waals surface area (Å²) in [7, 11) is 1.67. The molecule has 1 saturated heterocycles. The number of carbonyl (C=O) groups is 1. The zero-order valence-electron chi connectivity index (χ0n) is 13.0. The fourth-order valence-corrected chi connectivity index (χ4v) is 3.25. The molecule has 1 fully saturated rings. The lowest BCUT2D eigenvalue weighted by molar-refractivity contribution is -0.120. The van der Waals surface area contributed by atoms with Crippen LogP contribution in [-0.2, 0) is 4.79 Å². The summed E-state index contributed by atoms with van der Waals surface area (Å²) in [6.45, 7) is 3.37. The summed E-state index contributed by atoms with van der Waals surface area (Å²) in [5, 5.41) is 0. The van der Waals surface area contributed by atoms with Crippen molar-refractivity contribution in [2.45, 2.75) is 12.8 Å². The van der Waals surface area contributed by atoms with E-state index in [9.17, 15) is 4.79 Å². The Balaban J connectivity index is 1.86. The fourth-order valence-electron chi connectivity index (χ4n) is 3.25. The SMILES string of the molecule is COc1ccc([C@@H]2CN(c3ccccc3)C[C@@H]2C(C)=O)cc1. The van der Waals surface area contributed by atoms with Gasteiger partial charge in [0.1, 0.15) is 11.5 Å². The molecule has 2 aromatic rings. The second-order valence-electron chi connectivity index (χ2n) is 5.84. The Morgan fingerprint density at radius 3 is 2.32 bits per heavy atom. The van der Waals surface area contributed by atoms with Gasteiger partial charge in [0.2, 0.25) is 0 Å². The number of anilines is 1. The van der Waals surface area contributed by atoms with Crippen LogP contribution in [0.2, 0.25) is 0 Å². The summed E-state index contributed by atoms with van der Waals surface area (Å²) in [5.41, 5.74) is 2.39. The highest BCUT2D eigenvalue weighted by Gasteiger charge is 2.36. The van der Waals surface area contributed by atoms with Crippen LogP contribution in [0.1, 0.15) is 18.4 Å². The summed E-state index contributed by atoms with van der Waals surface area (Å²) in [4.78, 5) is 14.4. The van der Waals surface area contributed by atoms with E-state index in [-0.39, 0.29) is 17.6 Å². The number of carbonyl (C=O) groups excluding carboxylic acids is 1. The highest BCUT2D eigenvalue weighted by atomic mass is 16.5. The zero-order chi connectivity index (χ0) is 15.5. The maximum absolute atomic E-state index is 12.1. The Labute approximate surface area is 131 Å². The van der Waals surface area contributed by atoms with Gasteiger partial charge in [0, 0.05) is 30.6 Å². The molecule has 2 aromatic carbocycles. The average Bonchev–Trinajstić information content (AvgIpc) is 3.01. The van der Waals surface area contributed by atoms with E-state index in [0.717, 1.165) is 18.8 Å². The molecule has 0 radical (unpaired) electrons. The topological polar surface area (TPSA) is 29.5 Å². The van der Waals surface area contributed by atoms with Crippen LogP contribution in [0, 0.1) is 5.92 Å². The minimum absolute atomic E-state index is 0.0496. The van der Waals surface area contributed by atoms with Gasteiger partial charge in [0.15, 0.2) is 0 Å². The van der Waals surface area contributed by atoms with Crippen molar-refractivity contribution in [2.75, 3.05) is 25.1 Å². The van der Waals surface area contributed by atoms with Crippen molar-refractivity contribution in [1.29, 1.82) is 0 Å². The lowest BCUT2D eigenvalue weighted by Crippen LogP contribution is -2.21. The monoisotopic (exact) mass is 295 g/mol. The van der Waals surface area contributed by atoms with Crippen LogP contribution >= 0.6 is 0 Å². The summed E-state index contributed by atoms with van der Waals surface area (Å²) >= 11 is 0. The normalized spacial score (nSPS) is 20.9. The highest BCUT2D eigenvalue weighted by molar-refractivity contribution is 5.81. The maximum Gasteiger partial charge on any atom is 0.135 e. The van der Waals surface area contributed by atoms with Gasteiger partial charge in [-0.1, -0.05) is 30.3 Å². The Morgan fingerprint density at radius 2 is 1.73 bits per heavy atom. The molecule has 0 amide bonds. The van der Waals surface area contributed by atoms with Gasteiger partial charge in [0.25, 0.3) is 0 Å². The number of hydrogen-bond donors (Lipinski definition) is 0. The van der Waals surface area contributed by atoms with Gasteiger partial charge >= 0.3 is 0 Å². The van der Waals surface area contributed by atoms with E-state index in [1.165, 1.54) is 11.3 Å². The number of benzene rings is 2. The number of hydrogen-bond acceptors (Lipinski definition) is 3. The van der Waals surface area contributed by atoms with Crippen molar-refractivity contribution in [1.82, 2.24) is 0 Å². The summed E-state index contributed by atoms with van der Waals surface area (Å²) in [6.07, 6.45) is 0. The Morgan fingerprint density at radius 1 is 1.05 bits per heavy atom. The predicted octanol–water partition coefficient (Wildman–Crippen LogP) is 3.50. The number of ether oxygens (including phenoxy) is 1. The van der Waals surface area contributed by atoms with E-state index >= 15 is 0 Å². The van der Waals surface area contributed by atoms with Crippen LogP contribution in [0.15, 0.2) is 54.6 Å². The molecule has 1 aliphatic heterocycles. The van der Waals surface area contributed by atoms with Gasteiger partial charge in [-0.15, -0.1) is 0 Å². The van der Waals surface area contributed by atoms with Crippen LogP contribution < -0.4 is 9.64 Å². The van der Waals surface area contributed by atoms with Gasteiger partial charge in [-0.2, -0.15) is 0 Å². The molecule has 0 aliphatic carbocycles. The summed E-state index contributed by atoms with van der Waals surface area (Å²) in [5.74, 6) is 1.40. The summed E-state index contributed by atoms with van der Waals surface area (Å²) < 4.78 is 5.22. The predicted molar refractivity (Wildman–Crippen MR) is 88.6 cm³/mol. The largest absolute Gasteiger partial charge is 0.497 e. The van der Waals surface area contributed by atoms with E-state index in [4.69, 9.17) is 4.74 Å². The molecule has 2 atom stereocenters. The summed E-state index contributed by atoms with van der Waals surface area (Å²) in [6, 6.07) is 18.4. The number of rotatable bonds is 4. The van der Waals surface area contributed by atoms with Crippen molar-refractivity contribution >= 4 is 11.5 Å². The maximum atomic E-state index is 12.1. The van der Waals surface area contributed by atoms with E-state index in [0.29, 0.717) is 0 Å². The Kier molecular flexibility index (Phi) is 4.14. The van der Waals surface area contributed by atoms with E-state index in [1.807, 2.05) is 30.3 Å². The molecular weight excluding hydrogens is 274 g/mol. The Bertz CT molecular complexity index is 636. The molecular formula is C19H21NO2. The van der Waals surface area contributed by atoms with Gasteiger partial charge < -0.3 is 9.64 Å². The van der Waals surface area contributed by atoms with Crippen LogP contribution in [0.3, 0.4) is 0 Å². The fraction of sp³-hybridized carbons (Fsp3) is 0.316. The number of para-hydroxylation sites is 1. The highest BCUT2D eigenvalue weighted by Crippen LogP contribution is 2.36. The number of Topliss-reactive ketones (excluding diaryl/α,β-unsaturated/α-hetero) is 1. The molecule has 1 aliphatic rings. The van der Waals surface area contributed by atoms with E-state index < -0.39 is 0 Å². The van der Waals surface area contributed by atoms with Crippen molar-refractivity contribution in [3.8, 4) is 5.75 Å². The zero-order valence-corrected chi connectivity index (χ0v) is 13.0. The molecule has 3 nitrogen and oxygen atoms in total. The second kappa shape index (κ2) is 6.22. The van der Waals surface area contributed by atoms with Gasteiger partial charge in [-0.25, -0.2) is 0 Å². The smallest absolute Gasteiger partial charge is 0.135 e. The average molecular weight is 295 g/mol. The van der Waals surface area contributed by atoms with Crippen molar-refractivity contribution in [2.24, 2.45) is 5.92 Å². The molecule has 0 bridgehead atoms. The number of nitrogens with zero attached hydrogens (tertiary/aromatic N) is 1. The quantitative estimate of drug-likeness (QED) is 0.864. The minimum Gasteiger partial charge on any atom is -0.497 e. The van der Waals surface area contributed by atoms with Crippen molar-refractivity contribution in [3.63, 3.8) is 0 Å². The molecule has 1 heterocycles. The second-order valence-corrected chi connectivity index (χ2v) is 5.84. The molecule has 3 heteroatoms. The lowest BCUT2D eigenvalue weighted by Gasteiger charge is -2.18. The number of methoxy groups -OCH3 is 1. The third kappa shape index (κ3) is 2.84. The van der Waals surface area contributed by atoms with Crippen molar-refractivity contribution < 1.29 is 9.53 Å². The van der Waals surface area contributed by atoms with Crippen LogP contribution in [-0.4, -0.2) is 26.0 Å². The Hall–Kier alpha value is -2.29. The molecule has 0 aromatic heterocycles. The van der Waals surface area contributed by atoms with Crippen LogP contribution in [0.4, 0.5) is 5.69 Å². The third-order valence-corrected chi connectivity index (χ3v) is 4.51. The molecule has 3 rings (SSSR count). The molecule has 22 heavy (non-hydrogen) atoms. The standard InChI is InChI=1S/C19H21NO2/c1-14(21)18-12-20(16-6-4-3-5-7-16)13-19(18)15-8-10-17(22-2)11-9-15/h3-11,18-19H,12-13H2,1-2H3/t18-,19+/m1/s1. The molecule has 0 saturated carbocycles. The van der Waals surface area contributed by atoms with E-state index in [2.05, 4.69) is 29.2 Å². The first kappa shape index (κ1) is 14.6. The molecule has 114 valence electrons.